The second-order valence-electron chi connectivity index (χ2n) is 4.87. The van der Waals surface area contributed by atoms with Gasteiger partial charge in [-0.15, -0.1) is 0 Å². The largest absolute Gasteiger partial charge is 0.417 e. The van der Waals surface area contributed by atoms with Crippen molar-refractivity contribution in [2.75, 3.05) is 5.32 Å². The Bertz CT molecular complexity index is 498. The molecule has 0 aliphatic heterocycles. The standard InChI is InChI=1S/C14H15F3N2/c1-2-13(9-3-4-9)19-11-6-5-10(8-18)12(7-11)14(15,16)17/h5-7,9,13,19H,2-4H2,1H3. The molecule has 1 unspecified atom stereocenters. The molecule has 1 aromatic rings. The van der Waals surface area contributed by atoms with E-state index in [4.69, 9.17) is 5.26 Å². The number of alkyl halides is 3. The van der Waals surface area contributed by atoms with E-state index in [1.54, 1.807) is 12.1 Å². The van der Waals surface area contributed by atoms with Gasteiger partial charge in [0.1, 0.15) is 0 Å². The predicted molar refractivity (Wildman–Crippen MR) is 66.6 cm³/mol. The van der Waals surface area contributed by atoms with Crippen LogP contribution < -0.4 is 5.32 Å². The molecule has 1 aliphatic carbocycles. The minimum absolute atomic E-state index is 0.217. The lowest BCUT2D eigenvalue weighted by Gasteiger charge is -2.19. The van der Waals surface area contributed by atoms with Crippen LogP contribution in [0.5, 0.6) is 0 Å². The maximum atomic E-state index is 12.8. The van der Waals surface area contributed by atoms with Crippen LogP contribution in [-0.2, 0) is 6.18 Å². The molecule has 1 N–H and O–H groups in total. The fourth-order valence-corrected chi connectivity index (χ4v) is 2.23. The van der Waals surface area contributed by atoms with Gasteiger partial charge in [0.2, 0.25) is 0 Å². The second kappa shape index (κ2) is 5.12. The van der Waals surface area contributed by atoms with E-state index in [1.807, 2.05) is 6.92 Å². The van der Waals surface area contributed by atoms with Crippen LogP contribution in [0.15, 0.2) is 18.2 Å². The summed E-state index contributed by atoms with van der Waals surface area (Å²) in [5.41, 5.74) is -0.770. The maximum Gasteiger partial charge on any atom is 0.417 e. The molecule has 0 radical (unpaired) electrons. The Morgan fingerprint density at radius 1 is 1.42 bits per heavy atom. The van der Waals surface area contributed by atoms with E-state index in [-0.39, 0.29) is 11.6 Å². The normalized spacial score (nSPS) is 16.8. The lowest BCUT2D eigenvalue weighted by atomic mass is 10.1. The monoisotopic (exact) mass is 268 g/mol. The molecule has 1 aromatic carbocycles. The summed E-state index contributed by atoms with van der Waals surface area (Å²) in [7, 11) is 0. The first-order chi connectivity index (χ1) is 8.95. The van der Waals surface area contributed by atoms with Gasteiger partial charge in [0.05, 0.1) is 17.2 Å². The molecule has 0 aromatic heterocycles. The highest BCUT2D eigenvalue weighted by molar-refractivity contribution is 5.53. The summed E-state index contributed by atoms with van der Waals surface area (Å²) in [5, 5.41) is 11.9. The molecule has 1 aliphatic rings. The smallest absolute Gasteiger partial charge is 0.382 e. The Kier molecular flexibility index (Phi) is 3.70. The van der Waals surface area contributed by atoms with Crippen LogP contribution in [0.2, 0.25) is 0 Å². The van der Waals surface area contributed by atoms with E-state index in [2.05, 4.69) is 5.32 Å². The number of rotatable bonds is 4. The third-order valence-corrected chi connectivity index (χ3v) is 3.43. The van der Waals surface area contributed by atoms with Gasteiger partial charge in [-0.3, -0.25) is 0 Å². The highest BCUT2D eigenvalue weighted by Crippen LogP contribution is 2.37. The number of anilines is 1. The van der Waals surface area contributed by atoms with Crippen LogP contribution in [-0.4, -0.2) is 6.04 Å². The van der Waals surface area contributed by atoms with E-state index in [1.165, 1.54) is 6.07 Å². The van der Waals surface area contributed by atoms with Gasteiger partial charge in [-0.2, -0.15) is 18.4 Å². The van der Waals surface area contributed by atoms with Crippen molar-refractivity contribution in [1.82, 2.24) is 0 Å². The van der Waals surface area contributed by atoms with Crippen molar-refractivity contribution in [3.05, 3.63) is 29.3 Å². The molecular weight excluding hydrogens is 253 g/mol. The number of nitrogens with zero attached hydrogens (tertiary/aromatic N) is 1. The number of halogens is 3. The zero-order valence-corrected chi connectivity index (χ0v) is 10.6. The zero-order chi connectivity index (χ0) is 14.0. The molecule has 0 amide bonds. The Balaban J connectivity index is 2.25. The topological polar surface area (TPSA) is 35.8 Å². The molecule has 0 bridgehead atoms. The molecule has 19 heavy (non-hydrogen) atoms. The van der Waals surface area contributed by atoms with Gasteiger partial charge >= 0.3 is 6.18 Å². The van der Waals surface area contributed by atoms with Crippen molar-refractivity contribution in [1.29, 1.82) is 5.26 Å². The Hall–Kier alpha value is -1.70. The lowest BCUT2D eigenvalue weighted by molar-refractivity contribution is -0.137. The minimum atomic E-state index is -4.50. The summed E-state index contributed by atoms with van der Waals surface area (Å²) in [4.78, 5) is 0. The molecule has 0 heterocycles. The quantitative estimate of drug-likeness (QED) is 0.889. The summed E-state index contributed by atoms with van der Waals surface area (Å²) in [6, 6.07) is 5.60. The fraction of sp³-hybridized carbons (Fsp3) is 0.500. The van der Waals surface area contributed by atoms with Gasteiger partial charge in [-0.1, -0.05) is 6.92 Å². The molecule has 0 spiro atoms. The van der Waals surface area contributed by atoms with E-state index >= 15 is 0 Å². The van der Waals surface area contributed by atoms with Gasteiger partial charge in [0.15, 0.2) is 0 Å². The first-order valence-corrected chi connectivity index (χ1v) is 6.33. The van der Waals surface area contributed by atoms with Crippen LogP contribution in [0.4, 0.5) is 18.9 Å². The molecular formula is C14H15F3N2. The van der Waals surface area contributed by atoms with Crippen LogP contribution in [0, 0.1) is 17.2 Å². The summed E-state index contributed by atoms with van der Waals surface area (Å²) >= 11 is 0. The molecule has 1 atom stereocenters. The van der Waals surface area contributed by atoms with Crippen molar-refractivity contribution < 1.29 is 13.2 Å². The first-order valence-electron chi connectivity index (χ1n) is 6.33. The highest BCUT2D eigenvalue weighted by Gasteiger charge is 2.34. The molecule has 2 nitrogen and oxygen atoms in total. The van der Waals surface area contributed by atoms with Gasteiger partial charge in [-0.05, 0) is 43.4 Å². The van der Waals surface area contributed by atoms with Crippen LogP contribution in [0.3, 0.4) is 0 Å². The second-order valence-corrected chi connectivity index (χ2v) is 4.87. The van der Waals surface area contributed by atoms with Crippen LogP contribution in [0.25, 0.3) is 0 Å². The third kappa shape index (κ3) is 3.19. The molecule has 102 valence electrons. The minimum Gasteiger partial charge on any atom is -0.382 e. The molecule has 1 fully saturated rings. The van der Waals surface area contributed by atoms with Crippen LogP contribution >= 0.6 is 0 Å². The molecule has 0 saturated heterocycles. The van der Waals surface area contributed by atoms with Crippen molar-refractivity contribution >= 4 is 5.69 Å². The lowest BCUT2D eigenvalue weighted by Crippen LogP contribution is -2.21. The number of nitriles is 1. The van der Waals surface area contributed by atoms with Gasteiger partial charge in [0, 0.05) is 11.7 Å². The number of benzene rings is 1. The fourth-order valence-electron chi connectivity index (χ4n) is 2.23. The number of hydrogen-bond acceptors (Lipinski definition) is 2. The van der Waals surface area contributed by atoms with Gasteiger partial charge < -0.3 is 5.32 Å². The third-order valence-electron chi connectivity index (χ3n) is 3.43. The number of hydrogen-bond donors (Lipinski definition) is 1. The van der Waals surface area contributed by atoms with E-state index in [0.29, 0.717) is 11.6 Å². The van der Waals surface area contributed by atoms with Crippen LogP contribution in [0.1, 0.15) is 37.3 Å². The van der Waals surface area contributed by atoms with Crippen molar-refractivity contribution in [3.8, 4) is 6.07 Å². The van der Waals surface area contributed by atoms with E-state index in [0.717, 1.165) is 25.3 Å². The van der Waals surface area contributed by atoms with Crippen molar-refractivity contribution in [2.45, 2.75) is 38.4 Å². The van der Waals surface area contributed by atoms with E-state index in [9.17, 15) is 13.2 Å². The Morgan fingerprint density at radius 3 is 2.58 bits per heavy atom. The molecule has 2 rings (SSSR count). The summed E-state index contributed by atoms with van der Waals surface area (Å²) < 4.78 is 38.5. The van der Waals surface area contributed by atoms with Crippen molar-refractivity contribution in [3.63, 3.8) is 0 Å². The zero-order valence-electron chi connectivity index (χ0n) is 10.6. The Labute approximate surface area is 110 Å². The summed E-state index contributed by atoms with van der Waals surface area (Å²) in [6.07, 6.45) is -1.35. The average Bonchev–Trinajstić information content (AvgIpc) is 3.19. The van der Waals surface area contributed by atoms with Gasteiger partial charge in [0.25, 0.3) is 0 Å². The highest BCUT2D eigenvalue weighted by atomic mass is 19.4. The Morgan fingerprint density at radius 2 is 2.11 bits per heavy atom. The summed E-state index contributed by atoms with van der Waals surface area (Å²) in [5.74, 6) is 0.565. The van der Waals surface area contributed by atoms with Gasteiger partial charge in [-0.25, -0.2) is 0 Å². The van der Waals surface area contributed by atoms with E-state index < -0.39 is 11.7 Å². The maximum absolute atomic E-state index is 12.8. The molecule has 5 heteroatoms. The SMILES string of the molecule is CCC(Nc1ccc(C#N)c(C(F)(F)F)c1)C1CC1. The average molecular weight is 268 g/mol. The predicted octanol–water partition coefficient (Wildman–Crippen LogP) is 4.18. The number of nitrogens with one attached hydrogen (secondary N) is 1. The van der Waals surface area contributed by atoms with Crippen molar-refractivity contribution in [2.24, 2.45) is 5.92 Å². The first kappa shape index (κ1) is 13.7. The molecule has 1 saturated carbocycles. The summed E-state index contributed by atoms with van der Waals surface area (Å²) in [6.45, 7) is 2.02.